The zero-order chi connectivity index (χ0) is 39.5. The summed E-state index contributed by atoms with van der Waals surface area (Å²) >= 11 is 0. The van der Waals surface area contributed by atoms with Gasteiger partial charge in [0.1, 0.15) is 24.4 Å². The SMILES string of the molecule is CCCC/C=C/C(O)C(COC1OC(CO)C(O)C(O)C1O)NC(=O)CCCCCCCCCCCCCCCCC/C=C\C/C=C\CCCCCCC. The number of hydrogen-bond acceptors (Lipinski definition) is 8. The highest BCUT2D eigenvalue weighted by Gasteiger charge is 2.44. The average Bonchev–Trinajstić information content (AvgIpc) is 3.17. The number of nitrogens with one attached hydrogen (secondary N) is 1. The summed E-state index contributed by atoms with van der Waals surface area (Å²) in [7, 11) is 0. The first-order valence-corrected chi connectivity index (χ1v) is 22.2. The van der Waals surface area contributed by atoms with Crippen molar-refractivity contribution in [1.82, 2.24) is 5.32 Å². The molecular formula is C45H83NO8. The van der Waals surface area contributed by atoms with Gasteiger partial charge in [0.2, 0.25) is 5.91 Å². The van der Waals surface area contributed by atoms with Crippen LogP contribution in [0.3, 0.4) is 0 Å². The van der Waals surface area contributed by atoms with Crippen LogP contribution in [-0.2, 0) is 14.3 Å². The third kappa shape index (κ3) is 26.3. The Balaban J connectivity index is 2.08. The molecule has 1 fully saturated rings. The summed E-state index contributed by atoms with van der Waals surface area (Å²) in [6.45, 7) is 3.60. The third-order valence-corrected chi connectivity index (χ3v) is 10.5. The van der Waals surface area contributed by atoms with Crippen LogP contribution >= 0.6 is 0 Å². The van der Waals surface area contributed by atoms with Crippen LogP contribution in [0.1, 0.15) is 187 Å². The molecule has 1 aliphatic heterocycles. The van der Waals surface area contributed by atoms with Crippen LogP contribution < -0.4 is 5.32 Å². The van der Waals surface area contributed by atoms with Gasteiger partial charge in [0, 0.05) is 6.42 Å². The highest BCUT2D eigenvalue weighted by molar-refractivity contribution is 5.76. The Kier molecular flexibility index (Phi) is 33.4. The molecule has 0 aromatic carbocycles. The Labute approximate surface area is 330 Å². The number of hydrogen-bond donors (Lipinski definition) is 6. The topological polar surface area (TPSA) is 149 Å². The van der Waals surface area contributed by atoms with Crippen molar-refractivity contribution in [2.45, 2.75) is 230 Å². The van der Waals surface area contributed by atoms with Gasteiger partial charge in [0.15, 0.2) is 6.29 Å². The van der Waals surface area contributed by atoms with Gasteiger partial charge < -0.3 is 40.3 Å². The number of rotatable bonds is 36. The lowest BCUT2D eigenvalue weighted by Crippen LogP contribution is -2.60. The van der Waals surface area contributed by atoms with Crippen LogP contribution in [0.25, 0.3) is 0 Å². The fourth-order valence-corrected chi connectivity index (χ4v) is 6.82. The third-order valence-electron chi connectivity index (χ3n) is 10.5. The standard InChI is InChI=1S/C45H83NO8/c1-3-5-7-9-10-11-12-13-14-15-16-17-18-19-20-21-22-23-24-25-26-27-28-29-30-31-33-35-41(49)46-38(39(48)34-32-8-6-4-2)37-53-45-44(52)43(51)42(50)40(36-47)54-45/h12-13,15-16,32,34,38-40,42-45,47-48,50-52H,3-11,14,17-31,33,35-37H2,1-2H3,(H,46,49)/b13-12-,16-15-,34-32+. The summed E-state index contributed by atoms with van der Waals surface area (Å²) in [6, 6.07) is -0.799. The molecule has 0 radical (unpaired) electrons. The zero-order valence-electron chi connectivity index (χ0n) is 34.5. The monoisotopic (exact) mass is 766 g/mol. The maximum absolute atomic E-state index is 12.8. The number of aliphatic hydroxyl groups is 5. The van der Waals surface area contributed by atoms with Gasteiger partial charge in [-0.15, -0.1) is 0 Å². The molecule has 0 saturated carbocycles. The Bertz CT molecular complexity index is 941. The first kappa shape index (κ1) is 50.4. The number of carbonyl (C=O) groups is 1. The van der Waals surface area contributed by atoms with Gasteiger partial charge >= 0.3 is 0 Å². The number of unbranched alkanes of at least 4 members (excludes halogenated alkanes) is 22. The molecule has 9 heteroatoms. The van der Waals surface area contributed by atoms with Crippen molar-refractivity contribution in [2.75, 3.05) is 13.2 Å². The highest BCUT2D eigenvalue weighted by atomic mass is 16.7. The summed E-state index contributed by atoms with van der Waals surface area (Å²) < 4.78 is 11.1. The summed E-state index contributed by atoms with van der Waals surface area (Å²) in [5.74, 6) is -0.187. The number of ether oxygens (including phenoxy) is 2. The Morgan fingerprint density at radius 2 is 1.11 bits per heavy atom. The van der Waals surface area contributed by atoms with E-state index in [0.717, 1.165) is 44.9 Å². The molecule has 1 heterocycles. The lowest BCUT2D eigenvalue weighted by Gasteiger charge is -2.40. The molecule has 54 heavy (non-hydrogen) atoms. The molecule has 0 aliphatic carbocycles. The zero-order valence-corrected chi connectivity index (χ0v) is 34.5. The van der Waals surface area contributed by atoms with E-state index in [1.807, 2.05) is 6.08 Å². The molecule has 0 aromatic rings. The van der Waals surface area contributed by atoms with Gasteiger partial charge in [-0.2, -0.15) is 0 Å². The fraction of sp³-hybridized carbons (Fsp3) is 0.844. The van der Waals surface area contributed by atoms with Crippen LogP contribution in [0.15, 0.2) is 36.5 Å². The second-order valence-electron chi connectivity index (χ2n) is 15.5. The van der Waals surface area contributed by atoms with Crippen molar-refractivity contribution in [3.63, 3.8) is 0 Å². The van der Waals surface area contributed by atoms with E-state index >= 15 is 0 Å². The minimum Gasteiger partial charge on any atom is -0.394 e. The molecule has 0 aromatic heterocycles. The quantitative estimate of drug-likeness (QED) is 0.0274. The summed E-state index contributed by atoms with van der Waals surface area (Å²) in [5, 5.41) is 53.5. The number of allylic oxidation sites excluding steroid dienone is 5. The molecule has 9 nitrogen and oxygen atoms in total. The first-order valence-electron chi connectivity index (χ1n) is 22.2. The minimum absolute atomic E-state index is 0.187. The van der Waals surface area contributed by atoms with E-state index in [1.165, 1.54) is 122 Å². The van der Waals surface area contributed by atoms with Gasteiger partial charge in [-0.1, -0.05) is 172 Å². The summed E-state index contributed by atoms with van der Waals surface area (Å²) in [6.07, 6.45) is 37.0. The maximum atomic E-state index is 12.8. The molecule has 1 aliphatic rings. The first-order chi connectivity index (χ1) is 26.3. The molecule has 0 spiro atoms. The predicted octanol–water partition coefficient (Wildman–Crippen LogP) is 8.89. The maximum Gasteiger partial charge on any atom is 0.220 e. The van der Waals surface area contributed by atoms with Gasteiger partial charge in [-0.3, -0.25) is 4.79 Å². The van der Waals surface area contributed by atoms with E-state index in [4.69, 9.17) is 9.47 Å². The van der Waals surface area contributed by atoms with Crippen LogP contribution in [-0.4, -0.2) is 87.5 Å². The van der Waals surface area contributed by atoms with Crippen molar-refractivity contribution in [3.05, 3.63) is 36.5 Å². The van der Waals surface area contributed by atoms with E-state index < -0.39 is 49.5 Å². The summed E-state index contributed by atoms with van der Waals surface area (Å²) in [4.78, 5) is 12.8. The van der Waals surface area contributed by atoms with E-state index in [9.17, 15) is 30.3 Å². The molecule has 1 amide bonds. The summed E-state index contributed by atoms with van der Waals surface area (Å²) in [5.41, 5.74) is 0. The van der Waals surface area contributed by atoms with E-state index in [-0.39, 0.29) is 12.5 Å². The van der Waals surface area contributed by atoms with Gasteiger partial charge in [0.05, 0.1) is 25.4 Å². The van der Waals surface area contributed by atoms with E-state index in [2.05, 4.69) is 43.5 Å². The Hall–Kier alpha value is -1.59. The van der Waals surface area contributed by atoms with Crippen molar-refractivity contribution in [1.29, 1.82) is 0 Å². The number of carbonyl (C=O) groups excluding carboxylic acids is 1. The van der Waals surface area contributed by atoms with E-state index in [1.54, 1.807) is 6.08 Å². The Morgan fingerprint density at radius 1 is 0.630 bits per heavy atom. The van der Waals surface area contributed by atoms with Crippen molar-refractivity contribution >= 4 is 5.91 Å². The van der Waals surface area contributed by atoms with Crippen LogP contribution in [0, 0.1) is 0 Å². The lowest BCUT2D eigenvalue weighted by atomic mass is 9.99. The van der Waals surface area contributed by atoms with Crippen molar-refractivity contribution in [3.8, 4) is 0 Å². The number of amides is 1. The predicted molar refractivity (Wildman–Crippen MR) is 221 cm³/mol. The molecule has 1 rings (SSSR count). The van der Waals surface area contributed by atoms with Crippen LogP contribution in [0.5, 0.6) is 0 Å². The van der Waals surface area contributed by atoms with Crippen molar-refractivity contribution in [2.24, 2.45) is 0 Å². The average molecular weight is 766 g/mol. The van der Waals surface area contributed by atoms with Crippen LogP contribution in [0.4, 0.5) is 0 Å². The number of aliphatic hydroxyl groups excluding tert-OH is 5. The molecule has 6 N–H and O–H groups in total. The fourth-order valence-electron chi connectivity index (χ4n) is 6.82. The highest BCUT2D eigenvalue weighted by Crippen LogP contribution is 2.22. The smallest absolute Gasteiger partial charge is 0.220 e. The largest absolute Gasteiger partial charge is 0.394 e. The molecule has 7 atom stereocenters. The van der Waals surface area contributed by atoms with E-state index in [0.29, 0.717) is 6.42 Å². The minimum atomic E-state index is -1.56. The normalized spacial score (nSPS) is 21.8. The van der Waals surface area contributed by atoms with Crippen molar-refractivity contribution < 1.29 is 39.8 Å². The molecule has 1 saturated heterocycles. The molecule has 0 bridgehead atoms. The molecule has 316 valence electrons. The second-order valence-corrected chi connectivity index (χ2v) is 15.5. The molecule has 7 unspecified atom stereocenters. The molecular weight excluding hydrogens is 682 g/mol. The van der Waals surface area contributed by atoms with Gasteiger partial charge in [-0.05, 0) is 44.9 Å². The second kappa shape index (κ2) is 35.8. The van der Waals surface area contributed by atoms with Gasteiger partial charge in [0.25, 0.3) is 0 Å². The Morgan fingerprint density at radius 3 is 1.63 bits per heavy atom. The van der Waals surface area contributed by atoms with Gasteiger partial charge in [-0.25, -0.2) is 0 Å². The lowest BCUT2D eigenvalue weighted by molar-refractivity contribution is -0.302. The van der Waals surface area contributed by atoms with Crippen LogP contribution in [0.2, 0.25) is 0 Å².